The molecule has 0 bridgehead atoms. The average molecular weight is 314 g/mol. The van der Waals surface area contributed by atoms with Gasteiger partial charge in [-0.2, -0.15) is 0 Å². The van der Waals surface area contributed by atoms with Crippen molar-refractivity contribution in [1.82, 2.24) is 10.3 Å². The van der Waals surface area contributed by atoms with Gasteiger partial charge in [0.05, 0.1) is 6.10 Å². The van der Waals surface area contributed by atoms with Crippen molar-refractivity contribution in [3.8, 4) is 0 Å². The van der Waals surface area contributed by atoms with E-state index in [2.05, 4.69) is 44.1 Å². The number of hydrogen-bond donors (Lipinski definition) is 1. The molecule has 0 aliphatic carbocycles. The molecule has 18 heavy (non-hydrogen) atoms. The number of pyridine rings is 1. The number of rotatable bonds is 3. The molecule has 1 saturated heterocycles. The third-order valence-electron chi connectivity index (χ3n) is 3.03. The van der Waals surface area contributed by atoms with E-state index in [1.807, 2.05) is 13.2 Å². The zero-order valence-corrected chi connectivity index (χ0v) is 12.5. The number of halogens is 1. The Morgan fingerprint density at radius 2 is 2.44 bits per heavy atom. The van der Waals surface area contributed by atoms with Gasteiger partial charge in [-0.25, -0.2) is 4.98 Å². The van der Waals surface area contributed by atoms with Crippen LogP contribution in [0.3, 0.4) is 0 Å². The molecule has 1 atom stereocenters. The zero-order valence-electron chi connectivity index (χ0n) is 10.9. The Hall–Kier alpha value is -0.650. The van der Waals surface area contributed by atoms with E-state index in [1.54, 1.807) is 0 Å². The normalized spacial score (nSPS) is 20.8. The van der Waals surface area contributed by atoms with Crippen LogP contribution in [-0.2, 0) is 11.3 Å². The molecule has 1 aromatic rings. The lowest BCUT2D eigenvalue weighted by Crippen LogP contribution is -2.32. The summed E-state index contributed by atoms with van der Waals surface area (Å²) in [6.07, 6.45) is 3.19. The maximum Gasteiger partial charge on any atom is 0.133 e. The van der Waals surface area contributed by atoms with E-state index in [4.69, 9.17) is 4.74 Å². The summed E-state index contributed by atoms with van der Waals surface area (Å²) in [7, 11) is 1.96. The quantitative estimate of drug-likeness (QED) is 0.928. The number of anilines is 1. The smallest absolute Gasteiger partial charge is 0.133 e. The van der Waals surface area contributed by atoms with Gasteiger partial charge in [0.15, 0.2) is 0 Å². The van der Waals surface area contributed by atoms with Crippen LogP contribution >= 0.6 is 15.9 Å². The molecule has 0 radical (unpaired) electrons. The first-order valence-corrected chi connectivity index (χ1v) is 7.15. The SMILES string of the molecule is CNCc1cc(Br)cnc1N1CCCOC(C)C1. The van der Waals surface area contributed by atoms with Crippen LogP contribution in [0.1, 0.15) is 18.9 Å². The van der Waals surface area contributed by atoms with Gasteiger partial charge in [-0.3, -0.25) is 0 Å². The van der Waals surface area contributed by atoms with Crippen LogP contribution in [0.15, 0.2) is 16.7 Å². The minimum atomic E-state index is 0.264. The second kappa shape index (κ2) is 6.50. The second-order valence-corrected chi connectivity index (χ2v) is 5.56. The molecule has 1 fully saturated rings. The van der Waals surface area contributed by atoms with Gasteiger partial charge in [-0.05, 0) is 42.4 Å². The van der Waals surface area contributed by atoms with Gasteiger partial charge < -0.3 is 15.0 Å². The first-order chi connectivity index (χ1) is 8.70. The third-order valence-corrected chi connectivity index (χ3v) is 3.46. The van der Waals surface area contributed by atoms with Crippen molar-refractivity contribution in [2.45, 2.75) is 26.0 Å². The van der Waals surface area contributed by atoms with Crippen molar-refractivity contribution >= 4 is 21.7 Å². The van der Waals surface area contributed by atoms with Crippen LogP contribution in [0.5, 0.6) is 0 Å². The van der Waals surface area contributed by atoms with Crippen molar-refractivity contribution in [3.05, 3.63) is 22.3 Å². The van der Waals surface area contributed by atoms with E-state index in [-0.39, 0.29) is 6.10 Å². The predicted octanol–water partition coefficient (Wildman–Crippen LogP) is 2.18. The third kappa shape index (κ3) is 3.43. The number of hydrogen-bond acceptors (Lipinski definition) is 4. The van der Waals surface area contributed by atoms with Gasteiger partial charge in [0.25, 0.3) is 0 Å². The highest BCUT2D eigenvalue weighted by Crippen LogP contribution is 2.23. The number of nitrogens with zero attached hydrogens (tertiary/aromatic N) is 2. The molecular weight excluding hydrogens is 294 g/mol. The number of nitrogens with one attached hydrogen (secondary N) is 1. The van der Waals surface area contributed by atoms with Gasteiger partial charge in [0.1, 0.15) is 5.82 Å². The van der Waals surface area contributed by atoms with Crippen molar-refractivity contribution in [1.29, 1.82) is 0 Å². The summed E-state index contributed by atoms with van der Waals surface area (Å²) in [4.78, 5) is 6.91. The molecule has 1 N–H and O–H groups in total. The topological polar surface area (TPSA) is 37.4 Å². The average Bonchev–Trinajstić information content (AvgIpc) is 2.54. The van der Waals surface area contributed by atoms with E-state index in [1.165, 1.54) is 5.56 Å². The maximum atomic E-state index is 5.68. The Balaban J connectivity index is 2.24. The summed E-state index contributed by atoms with van der Waals surface area (Å²) in [6, 6.07) is 2.13. The molecule has 2 heterocycles. The standard InChI is InChI=1S/C13H20BrN3O/c1-10-9-17(4-3-5-18-10)13-11(7-15-2)6-12(14)8-16-13/h6,8,10,15H,3-5,7,9H2,1-2H3. The summed E-state index contributed by atoms with van der Waals surface area (Å²) in [5.74, 6) is 1.07. The van der Waals surface area contributed by atoms with Crippen LogP contribution < -0.4 is 10.2 Å². The van der Waals surface area contributed by atoms with Crippen LogP contribution in [-0.4, -0.2) is 37.8 Å². The molecule has 0 aromatic carbocycles. The first kappa shape index (κ1) is 13.8. The molecule has 1 aliphatic heterocycles. The van der Waals surface area contributed by atoms with Crippen LogP contribution in [0.25, 0.3) is 0 Å². The molecule has 1 unspecified atom stereocenters. The molecule has 1 aromatic heterocycles. The molecule has 4 nitrogen and oxygen atoms in total. The highest BCUT2D eigenvalue weighted by molar-refractivity contribution is 9.10. The van der Waals surface area contributed by atoms with Crippen LogP contribution in [0.4, 0.5) is 5.82 Å². The highest BCUT2D eigenvalue weighted by Gasteiger charge is 2.18. The fraction of sp³-hybridized carbons (Fsp3) is 0.615. The molecule has 100 valence electrons. The molecule has 5 heteroatoms. The lowest BCUT2D eigenvalue weighted by atomic mass is 10.2. The van der Waals surface area contributed by atoms with Crippen molar-refractivity contribution < 1.29 is 4.74 Å². The Morgan fingerprint density at radius 3 is 3.22 bits per heavy atom. The fourth-order valence-electron chi connectivity index (χ4n) is 2.27. The minimum Gasteiger partial charge on any atom is -0.377 e. The molecular formula is C13H20BrN3O. The molecule has 0 amide bonds. The van der Waals surface area contributed by atoms with E-state index in [0.29, 0.717) is 0 Å². The fourth-order valence-corrected chi connectivity index (χ4v) is 2.64. The summed E-state index contributed by atoms with van der Waals surface area (Å²) in [5, 5.41) is 3.20. The Kier molecular flexibility index (Phi) is 4.97. The lowest BCUT2D eigenvalue weighted by molar-refractivity contribution is 0.0820. The lowest BCUT2D eigenvalue weighted by Gasteiger charge is -2.25. The van der Waals surface area contributed by atoms with Crippen LogP contribution in [0, 0.1) is 0 Å². The van der Waals surface area contributed by atoms with Gasteiger partial charge in [-0.1, -0.05) is 0 Å². The van der Waals surface area contributed by atoms with Crippen molar-refractivity contribution in [2.24, 2.45) is 0 Å². The van der Waals surface area contributed by atoms with Gasteiger partial charge >= 0.3 is 0 Å². The van der Waals surface area contributed by atoms with E-state index in [9.17, 15) is 0 Å². The number of ether oxygens (including phenoxy) is 1. The van der Waals surface area contributed by atoms with Crippen LogP contribution in [0.2, 0.25) is 0 Å². The first-order valence-electron chi connectivity index (χ1n) is 6.36. The van der Waals surface area contributed by atoms with Crippen molar-refractivity contribution in [3.63, 3.8) is 0 Å². The second-order valence-electron chi connectivity index (χ2n) is 4.65. The highest BCUT2D eigenvalue weighted by atomic mass is 79.9. The molecule has 1 aliphatic rings. The molecule has 0 spiro atoms. The number of aromatic nitrogens is 1. The Labute approximate surface area is 117 Å². The Morgan fingerprint density at radius 1 is 1.61 bits per heavy atom. The Bertz CT molecular complexity index is 400. The molecule has 2 rings (SSSR count). The summed E-state index contributed by atoms with van der Waals surface area (Å²) >= 11 is 3.48. The summed E-state index contributed by atoms with van der Waals surface area (Å²) < 4.78 is 6.71. The van der Waals surface area contributed by atoms with Gasteiger partial charge in [0.2, 0.25) is 0 Å². The van der Waals surface area contributed by atoms with Gasteiger partial charge in [-0.15, -0.1) is 0 Å². The minimum absolute atomic E-state index is 0.264. The van der Waals surface area contributed by atoms with Gasteiger partial charge in [0, 0.05) is 42.5 Å². The van der Waals surface area contributed by atoms with E-state index < -0.39 is 0 Å². The van der Waals surface area contributed by atoms with E-state index in [0.717, 1.165) is 43.0 Å². The summed E-state index contributed by atoms with van der Waals surface area (Å²) in [6.45, 7) is 5.71. The van der Waals surface area contributed by atoms with E-state index >= 15 is 0 Å². The predicted molar refractivity (Wildman–Crippen MR) is 76.9 cm³/mol. The molecule has 0 saturated carbocycles. The zero-order chi connectivity index (χ0) is 13.0. The largest absolute Gasteiger partial charge is 0.377 e. The maximum absolute atomic E-state index is 5.68. The summed E-state index contributed by atoms with van der Waals surface area (Å²) in [5.41, 5.74) is 1.22. The van der Waals surface area contributed by atoms with Crippen molar-refractivity contribution in [2.75, 3.05) is 31.6 Å². The monoisotopic (exact) mass is 313 g/mol.